The number of carbonyl (C=O) groups is 3. The minimum absolute atomic E-state index is 0.0839. The lowest BCUT2D eigenvalue weighted by atomic mass is 9.91. The molecule has 16 heteroatoms. The topological polar surface area (TPSA) is 203 Å². The second-order valence-electron chi connectivity index (χ2n) is 13.0. The summed E-state index contributed by atoms with van der Waals surface area (Å²) in [4.78, 5) is 48.5. The number of nitrogens with zero attached hydrogens (tertiary/aromatic N) is 5. The first-order valence-corrected chi connectivity index (χ1v) is 17.3. The highest BCUT2D eigenvalue weighted by Crippen LogP contribution is 2.36. The quantitative estimate of drug-likeness (QED) is 0.0976. The Morgan fingerprint density at radius 2 is 1.80 bits per heavy atom. The third-order valence-corrected chi connectivity index (χ3v) is 9.31. The molecular weight excluding hydrogens is 667 g/mol. The fraction of sp³-hybridized carbons (Fsp3) is 0.543. The predicted molar refractivity (Wildman–Crippen MR) is 186 cm³/mol. The van der Waals surface area contributed by atoms with Crippen molar-refractivity contribution in [3.8, 4) is 6.07 Å². The van der Waals surface area contributed by atoms with E-state index in [1.54, 1.807) is 23.1 Å². The largest absolute Gasteiger partial charge is 0.480 e. The molecule has 2 atom stereocenters. The van der Waals surface area contributed by atoms with Gasteiger partial charge >= 0.3 is 12.1 Å². The summed E-state index contributed by atoms with van der Waals surface area (Å²) in [6, 6.07) is 10.1. The number of aliphatic carboxylic acids is 1. The number of benzene rings is 1. The Bertz CT molecular complexity index is 1570. The van der Waals surface area contributed by atoms with E-state index >= 15 is 0 Å². The Labute approximate surface area is 295 Å². The molecule has 0 spiro atoms. The summed E-state index contributed by atoms with van der Waals surface area (Å²) in [6.45, 7) is 2.06. The first-order chi connectivity index (χ1) is 24.3. The van der Waals surface area contributed by atoms with Crippen molar-refractivity contribution in [2.45, 2.75) is 82.5 Å². The average Bonchev–Trinajstić information content (AvgIpc) is 3.60. The molecule has 0 radical (unpaired) electrons. The van der Waals surface area contributed by atoms with Crippen LogP contribution in [0.25, 0.3) is 0 Å². The van der Waals surface area contributed by atoms with E-state index in [4.69, 9.17) is 16.7 Å². The van der Waals surface area contributed by atoms with Gasteiger partial charge in [-0.1, -0.05) is 12.1 Å². The van der Waals surface area contributed by atoms with E-state index in [0.717, 1.165) is 30.9 Å². The number of nitriles is 1. The minimum atomic E-state index is -4.67. The van der Waals surface area contributed by atoms with Crippen LogP contribution in [0.4, 0.5) is 24.7 Å². The van der Waals surface area contributed by atoms with Crippen LogP contribution in [-0.2, 0) is 27.0 Å². The van der Waals surface area contributed by atoms with E-state index in [9.17, 15) is 32.7 Å². The van der Waals surface area contributed by atoms with E-state index in [1.165, 1.54) is 0 Å². The molecule has 2 fully saturated rings. The SMILES string of the molecule is N#Cc1ccc(CCNC(=O)[C@@H]2CCCN2c2cc(N3CCC(CCCC(=O)N[C@@H](CCCN=C(N)N)C(=O)O)CC3)cc(C(F)(F)F)n2)cc1. The number of carbonyl (C=O) groups excluding carboxylic acids is 2. The monoisotopic (exact) mass is 713 g/mol. The number of halogens is 3. The molecular formula is C35H46F3N9O4. The van der Waals surface area contributed by atoms with Gasteiger partial charge in [0.2, 0.25) is 11.8 Å². The van der Waals surface area contributed by atoms with E-state index in [-0.39, 0.29) is 48.9 Å². The van der Waals surface area contributed by atoms with Gasteiger partial charge < -0.3 is 37.0 Å². The molecule has 2 amide bonds. The van der Waals surface area contributed by atoms with Gasteiger partial charge in [-0.25, -0.2) is 9.78 Å². The first kappa shape index (κ1) is 38.7. The van der Waals surface area contributed by atoms with Crippen LogP contribution in [0, 0.1) is 17.2 Å². The Hall–Kier alpha value is -5.07. The number of alkyl halides is 3. The molecule has 2 saturated heterocycles. The Morgan fingerprint density at radius 1 is 1.08 bits per heavy atom. The van der Waals surface area contributed by atoms with Crippen LogP contribution in [-0.4, -0.2) is 78.6 Å². The van der Waals surface area contributed by atoms with Crippen LogP contribution in [0.1, 0.15) is 74.6 Å². The standard InChI is InChI=1S/C35H46F3N9O4/c36-35(37,38)29-20-26(21-30(45-29)47-17-3-6-28(47)32(49)42-16-12-24-8-10-25(22-39)11-9-24)46-18-13-23(14-19-46)4-1-7-31(48)44-27(33(50)51)5-2-15-43-34(40)41/h8-11,20-21,23,27-28H,1-7,12-19H2,(H,42,49)(H,44,48)(H,50,51)(H4,40,41,43)/t27-,28-/m0/s1. The summed E-state index contributed by atoms with van der Waals surface area (Å²) in [6.07, 6.45) is 0.491. The number of guanidine groups is 1. The number of nitrogens with one attached hydrogen (secondary N) is 2. The highest BCUT2D eigenvalue weighted by atomic mass is 19.4. The van der Waals surface area contributed by atoms with Crippen LogP contribution >= 0.6 is 0 Å². The second-order valence-corrected chi connectivity index (χ2v) is 13.0. The number of anilines is 2. The maximum absolute atomic E-state index is 14.1. The molecule has 7 N–H and O–H groups in total. The summed E-state index contributed by atoms with van der Waals surface area (Å²) >= 11 is 0. The molecule has 1 aromatic heterocycles. The summed E-state index contributed by atoms with van der Waals surface area (Å²) in [5.41, 5.74) is 11.4. The number of aliphatic imine (C=N–C) groups is 1. The molecule has 51 heavy (non-hydrogen) atoms. The van der Waals surface area contributed by atoms with Crippen molar-refractivity contribution in [1.29, 1.82) is 5.26 Å². The highest BCUT2D eigenvalue weighted by molar-refractivity contribution is 5.86. The predicted octanol–water partition coefficient (Wildman–Crippen LogP) is 3.31. The molecule has 0 saturated carbocycles. The Kier molecular flexibility index (Phi) is 13.9. The zero-order valence-electron chi connectivity index (χ0n) is 28.5. The number of piperidine rings is 1. The molecule has 1 aromatic carbocycles. The molecule has 3 heterocycles. The molecule has 0 unspecified atom stereocenters. The van der Waals surface area contributed by atoms with Crippen LogP contribution in [0.5, 0.6) is 0 Å². The fourth-order valence-corrected chi connectivity index (χ4v) is 6.54. The van der Waals surface area contributed by atoms with Crippen molar-refractivity contribution in [2.24, 2.45) is 22.4 Å². The minimum Gasteiger partial charge on any atom is -0.480 e. The summed E-state index contributed by atoms with van der Waals surface area (Å²) in [5, 5.41) is 23.9. The van der Waals surface area contributed by atoms with E-state index in [2.05, 4.69) is 26.7 Å². The molecule has 2 aliphatic heterocycles. The zero-order valence-corrected chi connectivity index (χ0v) is 28.5. The van der Waals surface area contributed by atoms with Crippen LogP contribution in [0.3, 0.4) is 0 Å². The van der Waals surface area contributed by atoms with Crippen molar-refractivity contribution in [3.63, 3.8) is 0 Å². The number of pyridine rings is 1. The van der Waals surface area contributed by atoms with Gasteiger partial charge in [0.25, 0.3) is 0 Å². The normalized spacial score (nSPS) is 17.0. The zero-order chi connectivity index (χ0) is 37.0. The van der Waals surface area contributed by atoms with Crippen LogP contribution < -0.4 is 31.9 Å². The van der Waals surface area contributed by atoms with Crippen molar-refractivity contribution < 1.29 is 32.7 Å². The number of carboxylic acid groups (broad SMARTS) is 1. The van der Waals surface area contributed by atoms with Gasteiger partial charge in [0, 0.05) is 50.9 Å². The van der Waals surface area contributed by atoms with Crippen LogP contribution in [0.15, 0.2) is 41.4 Å². The van der Waals surface area contributed by atoms with Crippen molar-refractivity contribution in [2.75, 3.05) is 42.5 Å². The van der Waals surface area contributed by atoms with Crippen molar-refractivity contribution in [1.82, 2.24) is 15.6 Å². The molecule has 4 rings (SSSR count). The van der Waals surface area contributed by atoms with E-state index < -0.39 is 29.9 Å². The van der Waals surface area contributed by atoms with Gasteiger partial charge in [-0.3, -0.25) is 14.6 Å². The van der Waals surface area contributed by atoms with E-state index in [0.29, 0.717) is 69.5 Å². The summed E-state index contributed by atoms with van der Waals surface area (Å²) in [5.74, 6) is -1.45. The lowest BCUT2D eigenvalue weighted by Crippen LogP contribution is -2.44. The maximum Gasteiger partial charge on any atom is 0.433 e. The van der Waals surface area contributed by atoms with Gasteiger partial charge in [0.15, 0.2) is 5.96 Å². The third-order valence-electron chi connectivity index (χ3n) is 9.31. The molecule has 2 aromatic rings. The van der Waals surface area contributed by atoms with Gasteiger partial charge in [-0.15, -0.1) is 0 Å². The smallest absolute Gasteiger partial charge is 0.433 e. The number of nitrogens with two attached hydrogens (primary N) is 2. The number of hydrogen-bond donors (Lipinski definition) is 5. The van der Waals surface area contributed by atoms with Gasteiger partial charge in [0.1, 0.15) is 23.6 Å². The number of rotatable bonds is 16. The molecule has 2 aliphatic rings. The first-order valence-electron chi connectivity index (χ1n) is 17.3. The Morgan fingerprint density at radius 3 is 2.45 bits per heavy atom. The average molecular weight is 714 g/mol. The van der Waals surface area contributed by atoms with Gasteiger partial charge in [-0.05, 0) is 87.5 Å². The number of amides is 2. The second kappa shape index (κ2) is 18.2. The van der Waals surface area contributed by atoms with E-state index in [1.807, 2.05) is 17.0 Å². The van der Waals surface area contributed by atoms with Gasteiger partial charge in [-0.2, -0.15) is 18.4 Å². The summed E-state index contributed by atoms with van der Waals surface area (Å²) < 4.78 is 42.2. The molecule has 276 valence electrons. The number of aromatic nitrogens is 1. The molecule has 0 aliphatic carbocycles. The summed E-state index contributed by atoms with van der Waals surface area (Å²) in [7, 11) is 0. The number of hydrogen-bond acceptors (Lipinski definition) is 8. The van der Waals surface area contributed by atoms with Crippen molar-refractivity contribution in [3.05, 3.63) is 53.2 Å². The fourth-order valence-electron chi connectivity index (χ4n) is 6.54. The van der Waals surface area contributed by atoms with Gasteiger partial charge in [0.05, 0.1) is 11.6 Å². The van der Waals surface area contributed by atoms with Crippen LogP contribution in [0.2, 0.25) is 0 Å². The maximum atomic E-state index is 14.1. The highest BCUT2D eigenvalue weighted by Gasteiger charge is 2.37. The molecule has 13 nitrogen and oxygen atoms in total. The third kappa shape index (κ3) is 11.8. The number of carboxylic acids is 1. The lowest BCUT2D eigenvalue weighted by Gasteiger charge is -2.35. The van der Waals surface area contributed by atoms with Crippen molar-refractivity contribution >= 4 is 35.2 Å². The Balaban J connectivity index is 1.30. The molecule has 0 bridgehead atoms. The lowest BCUT2D eigenvalue weighted by molar-refractivity contribution is -0.142.